The van der Waals surface area contributed by atoms with Crippen molar-refractivity contribution < 1.29 is 10.2 Å². The van der Waals surface area contributed by atoms with E-state index in [-0.39, 0.29) is 11.5 Å². The van der Waals surface area contributed by atoms with Crippen LogP contribution in [0.3, 0.4) is 0 Å². The second-order valence-corrected chi connectivity index (χ2v) is 6.11. The monoisotopic (exact) mass is 548 g/mol. The van der Waals surface area contributed by atoms with Crippen molar-refractivity contribution in [1.29, 1.82) is 0 Å². The van der Waals surface area contributed by atoms with Gasteiger partial charge in [-0.2, -0.15) is 0 Å². The van der Waals surface area contributed by atoms with Crippen LogP contribution in [0.1, 0.15) is 5.56 Å². The summed E-state index contributed by atoms with van der Waals surface area (Å²) in [6, 6.07) is 0. The standard InChI is InChI=1S/C8H4ClI3O2/c1-2(9)3-4(10)7(13)6(12)8(14)5(3)11/h13-14H,1H2. The molecule has 6 heteroatoms. The number of aromatic hydroxyl groups is 2. The lowest BCUT2D eigenvalue weighted by Gasteiger charge is -2.11. The van der Waals surface area contributed by atoms with E-state index in [0.717, 1.165) is 0 Å². The van der Waals surface area contributed by atoms with Gasteiger partial charge < -0.3 is 10.2 Å². The van der Waals surface area contributed by atoms with Crippen LogP contribution in [-0.2, 0) is 0 Å². The number of rotatable bonds is 1. The number of phenols is 2. The third-order valence-corrected chi connectivity index (χ3v) is 4.85. The second-order valence-electron chi connectivity index (χ2n) is 2.42. The topological polar surface area (TPSA) is 40.5 Å². The lowest BCUT2D eigenvalue weighted by Crippen LogP contribution is -1.93. The van der Waals surface area contributed by atoms with Crippen LogP contribution in [0.4, 0.5) is 0 Å². The Hall–Kier alpha value is 1.04. The Kier molecular flexibility index (Phi) is 4.60. The van der Waals surface area contributed by atoms with Gasteiger partial charge >= 0.3 is 0 Å². The lowest BCUT2D eigenvalue weighted by atomic mass is 10.2. The fourth-order valence-electron chi connectivity index (χ4n) is 0.876. The van der Waals surface area contributed by atoms with E-state index in [1.54, 1.807) is 0 Å². The molecule has 1 aromatic rings. The molecule has 0 aliphatic carbocycles. The van der Waals surface area contributed by atoms with E-state index >= 15 is 0 Å². The summed E-state index contributed by atoms with van der Waals surface area (Å²) in [5.41, 5.74) is 0.586. The van der Waals surface area contributed by atoms with Crippen LogP contribution in [0.15, 0.2) is 6.58 Å². The molecule has 0 heterocycles. The van der Waals surface area contributed by atoms with Crippen LogP contribution in [0.2, 0.25) is 0 Å². The average Bonchev–Trinajstić information content (AvgIpc) is 2.11. The van der Waals surface area contributed by atoms with E-state index in [1.165, 1.54) is 0 Å². The molecule has 0 saturated heterocycles. The van der Waals surface area contributed by atoms with Crippen molar-refractivity contribution in [2.45, 2.75) is 0 Å². The molecular weight excluding hydrogens is 544 g/mol. The number of benzene rings is 1. The van der Waals surface area contributed by atoms with Gasteiger partial charge in [-0.25, -0.2) is 0 Å². The van der Waals surface area contributed by atoms with Crippen molar-refractivity contribution in [2.75, 3.05) is 0 Å². The Labute approximate surface area is 127 Å². The van der Waals surface area contributed by atoms with Crippen molar-refractivity contribution in [1.82, 2.24) is 0 Å². The van der Waals surface area contributed by atoms with E-state index in [2.05, 4.69) is 6.58 Å². The maximum atomic E-state index is 9.66. The molecule has 0 amide bonds. The van der Waals surface area contributed by atoms with Crippen LogP contribution in [-0.4, -0.2) is 10.2 Å². The highest BCUT2D eigenvalue weighted by molar-refractivity contribution is 14.1. The summed E-state index contributed by atoms with van der Waals surface area (Å²) in [5, 5.41) is 19.6. The molecule has 2 nitrogen and oxygen atoms in total. The highest BCUT2D eigenvalue weighted by atomic mass is 127. The summed E-state index contributed by atoms with van der Waals surface area (Å²) in [6.07, 6.45) is 0. The molecular formula is C8H4ClI3O2. The highest BCUT2D eigenvalue weighted by Crippen LogP contribution is 2.42. The molecule has 0 bridgehead atoms. The van der Waals surface area contributed by atoms with E-state index in [4.69, 9.17) is 11.6 Å². The molecule has 2 N–H and O–H groups in total. The Morgan fingerprint density at radius 3 is 1.64 bits per heavy atom. The first-order chi connectivity index (χ1) is 6.37. The summed E-state index contributed by atoms with van der Waals surface area (Å²) >= 11 is 11.6. The second kappa shape index (κ2) is 4.91. The quantitative estimate of drug-likeness (QED) is 0.519. The van der Waals surface area contributed by atoms with Gasteiger partial charge in [-0.05, 0) is 67.8 Å². The van der Waals surface area contributed by atoms with Gasteiger partial charge in [0.2, 0.25) is 0 Å². The SMILES string of the molecule is C=C(Cl)c1c(I)c(O)c(I)c(O)c1I. The van der Waals surface area contributed by atoms with Crippen molar-refractivity contribution in [3.05, 3.63) is 22.9 Å². The number of phenolic OH excluding ortho intramolecular Hbond substituents is 2. The van der Waals surface area contributed by atoms with Crippen LogP contribution >= 0.6 is 79.4 Å². The summed E-state index contributed by atoms with van der Waals surface area (Å²) < 4.78 is 1.64. The molecule has 76 valence electrons. The Morgan fingerprint density at radius 2 is 1.36 bits per heavy atom. The largest absolute Gasteiger partial charge is 0.506 e. The van der Waals surface area contributed by atoms with Gasteiger partial charge in [-0.15, -0.1) is 0 Å². The van der Waals surface area contributed by atoms with Crippen LogP contribution in [0.25, 0.3) is 5.03 Å². The summed E-state index contributed by atoms with van der Waals surface area (Å²) in [4.78, 5) is 0. The molecule has 0 aromatic heterocycles. The minimum absolute atomic E-state index is 0.0425. The summed E-state index contributed by atoms with van der Waals surface area (Å²) in [7, 11) is 0. The molecule has 0 aliphatic heterocycles. The van der Waals surface area contributed by atoms with Crippen LogP contribution in [0.5, 0.6) is 11.5 Å². The maximum Gasteiger partial charge on any atom is 0.146 e. The number of hydrogen-bond acceptors (Lipinski definition) is 2. The molecule has 0 radical (unpaired) electrons. The van der Waals surface area contributed by atoms with Gasteiger partial charge in [-0.3, -0.25) is 0 Å². The third-order valence-electron chi connectivity index (χ3n) is 1.54. The zero-order valence-electron chi connectivity index (χ0n) is 6.61. The highest BCUT2D eigenvalue weighted by Gasteiger charge is 2.20. The zero-order chi connectivity index (χ0) is 11.0. The van der Waals surface area contributed by atoms with Gasteiger partial charge in [0, 0.05) is 10.6 Å². The summed E-state index contributed by atoms with van der Waals surface area (Å²) in [5.74, 6) is 0.0850. The minimum Gasteiger partial charge on any atom is -0.506 e. The van der Waals surface area contributed by atoms with Gasteiger partial charge in [0.1, 0.15) is 11.5 Å². The molecule has 1 rings (SSSR count). The molecule has 14 heavy (non-hydrogen) atoms. The lowest BCUT2D eigenvalue weighted by molar-refractivity contribution is 0.438. The van der Waals surface area contributed by atoms with Crippen molar-refractivity contribution >= 4 is 84.4 Å². The first-order valence-electron chi connectivity index (χ1n) is 3.31. The first kappa shape index (κ1) is 13.1. The number of hydrogen-bond donors (Lipinski definition) is 2. The van der Waals surface area contributed by atoms with E-state index in [1.807, 2.05) is 67.8 Å². The van der Waals surface area contributed by atoms with E-state index < -0.39 is 0 Å². The first-order valence-corrected chi connectivity index (χ1v) is 6.92. The predicted molar refractivity (Wildman–Crippen MR) is 82.8 cm³/mol. The smallest absolute Gasteiger partial charge is 0.146 e. The van der Waals surface area contributed by atoms with Gasteiger partial charge in [0.05, 0.1) is 10.7 Å². The van der Waals surface area contributed by atoms with Crippen LogP contribution < -0.4 is 0 Å². The summed E-state index contributed by atoms with van der Waals surface area (Å²) in [6.45, 7) is 3.59. The molecule has 0 atom stereocenters. The minimum atomic E-state index is 0.0425. The molecule has 0 unspecified atom stereocenters. The fourth-order valence-corrected chi connectivity index (χ4v) is 5.20. The zero-order valence-corrected chi connectivity index (χ0v) is 13.8. The normalized spacial score (nSPS) is 10.3. The van der Waals surface area contributed by atoms with Crippen molar-refractivity contribution in [2.24, 2.45) is 0 Å². The third kappa shape index (κ3) is 2.24. The molecule has 0 fully saturated rings. The maximum absolute atomic E-state index is 9.66. The Bertz CT molecular complexity index is 389. The van der Waals surface area contributed by atoms with Gasteiger partial charge in [-0.1, -0.05) is 18.2 Å². The Morgan fingerprint density at radius 1 is 1.00 bits per heavy atom. The van der Waals surface area contributed by atoms with Crippen LogP contribution in [0, 0.1) is 10.7 Å². The predicted octanol–water partition coefficient (Wildman–Crippen LogP) is 4.12. The fraction of sp³-hybridized carbons (Fsp3) is 0. The molecule has 1 aromatic carbocycles. The average molecular weight is 548 g/mol. The molecule has 0 spiro atoms. The van der Waals surface area contributed by atoms with E-state index in [9.17, 15) is 10.2 Å². The van der Waals surface area contributed by atoms with Crippen molar-refractivity contribution in [3.63, 3.8) is 0 Å². The number of halogens is 4. The van der Waals surface area contributed by atoms with Gasteiger partial charge in [0.25, 0.3) is 0 Å². The molecule has 0 saturated carbocycles. The Balaban J connectivity index is 3.68. The van der Waals surface area contributed by atoms with Crippen molar-refractivity contribution in [3.8, 4) is 11.5 Å². The van der Waals surface area contributed by atoms with E-state index in [0.29, 0.717) is 21.3 Å². The molecule has 0 aliphatic rings. The van der Waals surface area contributed by atoms with Gasteiger partial charge in [0.15, 0.2) is 0 Å².